The maximum Gasteiger partial charge on any atom is 0.0479 e. The summed E-state index contributed by atoms with van der Waals surface area (Å²) >= 11 is 6.04. The van der Waals surface area contributed by atoms with E-state index in [1.54, 1.807) is 0 Å². The van der Waals surface area contributed by atoms with E-state index in [0.29, 0.717) is 6.04 Å². The molecule has 1 unspecified atom stereocenters. The molecule has 0 spiro atoms. The topological polar surface area (TPSA) is 6.48 Å². The van der Waals surface area contributed by atoms with Crippen LogP contribution in [0.3, 0.4) is 0 Å². The van der Waals surface area contributed by atoms with Crippen molar-refractivity contribution in [3.63, 3.8) is 0 Å². The fourth-order valence-corrected chi connectivity index (χ4v) is 3.37. The van der Waals surface area contributed by atoms with Crippen LogP contribution in [0, 0.1) is 0 Å². The van der Waals surface area contributed by atoms with Crippen LogP contribution >= 0.6 is 11.6 Å². The smallest absolute Gasteiger partial charge is 0.0479 e. The number of piperazine rings is 1. The first-order valence-electron chi connectivity index (χ1n) is 8.13. The van der Waals surface area contributed by atoms with E-state index < -0.39 is 0 Å². The highest BCUT2D eigenvalue weighted by atomic mass is 35.5. The van der Waals surface area contributed by atoms with Gasteiger partial charge in [0.25, 0.3) is 0 Å². The predicted octanol–water partition coefficient (Wildman–Crippen LogP) is 4.38. The Bertz CT molecular complexity index is 624. The lowest BCUT2D eigenvalue weighted by atomic mass is 10.0. The lowest BCUT2D eigenvalue weighted by Gasteiger charge is -2.41. The van der Waals surface area contributed by atoms with Gasteiger partial charge < -0.3 is 0 Å². The minimum Gasteiger partial charge on any atom is -0.296 e. The molecule has 3 heteroatoms. The number of halogens is 1. The third-order valence-corrected chi connectivity index (χ3v) is 4.69. The minimum absolute atomic E-state index is 0.391. The summed E-state index contributed by atoms with van der Waals surface area (Å²) in [5, 5.41) is 0.793. The van der Waals surface area contributed by atoms with E-state index in [1.807, 2.05) is 18.2 Å². The minimum atomic E-state index is 0.391. The molecule has 2 aromatic rings. The molecule has 1 atom stereocenters. The van der Waals surface area contributed by atoms with E-state index in [9.17, 15) is 0 Å². The molecule has 120 valence electrons. The van der Waals surface area contributed by atoms with Gasteiger partial charge in [0, 0.05) is 43.8 Å². The van der Waals surface area contributed by atoms with Gasteiger partial charge in [-0.2, -0.15) is 0 Å². The molecule has 0 N–H and O–H groups in total. The Labute approximate surface area is 144 Å². The second-order valence-electron chi connectivity index (χ2n) is 6.07. The van der Waals surface area contributed by atoms with E-state index in [2.05, 4.69) is 58.8 Å². The van der Waals surface area contributed by atoms with Crippen molar-refractivity contribution in [2.75, 3.05) is 26.2 Å². The van der Waals surface area contributed by atoms with Gasteiger partial charge in [-0.05, 0) is 23.3 Å². The lowest BCUT2D eigenvalue weighted by Crippen LogP contribution is -2.47. The second kappa shape index (κ2) is 7.78. The van der Waals surface area contributed by atoms with Crippen LogP contribution in [0.1, 0.15) is 17.2 Å². The van der Waals surface area contributed by atoms with E-state index in [-0.39, 0.29) is 0 Å². The van der Waals surface area contributed by atoms with Crippen molar-refractivity contribution in [1.29, 1.82) is 0 Å². The fourth-order valence-electron chi connectivity index (χ4n) is 3.25. The van der Waals surface area contributed by atoms with Gasteiger partial charge in [-0.25, -0.2) is 0 Å². The standard InChI is InChI=1S/C20H23ClN2/c1-2-12-23-14-13-22(15-17-6-4-3-5-7-17)16-20(23)18-8-10-19(21)11-9-18/h2-11,20H,1,12-16H2. The molecule has 1 fully saturated rings. The molecule has 0 aliphatic carbocycles. The van der Waals surface area contributed by atoms with Crippen molar-refractivity contribution in [3.05, 3.63) is 83.4 Å². The normalized spacial score (nSPS) is 19.6. The molecule has 0 aromatic heterocycles. The van der Waals surface area contributed by atoms with Crippen LogP contribution in [-0.4, -0.2) is 36.0 Å². The molecule has 23 heavy (non-hydrogen) atoms. The summed E-state index contributed by atoms with van der Waals surface area (Å²) in [5.41, 5.74) is 2.70. The Morgan fingerprint density at radius 2 is 1.78 bits per heavy atom. The number of hydrogen-bond donors (Lipinski definition) is 0. The number of benzene rings is 2. The number of nitrogens with zero attached hydrogens (tertiary/aromatic N) is 2. The zero-order valence-electron chi connectivity index (χ0n) is 13.4. The highest BCUT2D eigenvalue weighted by molar-refractivity contribution is 6.30. The number of rotatable bonds is 5. The molecule has 0 radical (unpaired) electrons. The Kier molecular flexibility index (Phi) is 5.50. The largest absolute Gasteiger partial charge is 0.296 e. The first kappa shape index (κ1) is 16.3. The Morgan fingerprint density at radius 3 is 2.48 bits per heavy atom. The van der Waals surface area contributed by atoms with E-state index in [4.69, 9.17) is 11.6 Å². The molecular weight excluding hydrogens is 304 g/mol. The molecular formula is C20H23ClN2. The summed E-state index contributed by atoms with van der Waals surface area (Å²) in [6, 6.07) is 19.4. The van der Waals surface area contributed by atoms with Gasteiger partial charge in [0.15, 0.2) is 0 Å². The Hall–Kier alpha value is -1.61. The van der Waals surface area contributed by atoms with E-state index >= 15 is 0 Å². The van der Waals surface area contributed by atoms with Crippen LogP contribution in [0.4, 0.5) is 0 Å². The summed E-state index contributed by atoms with van der Waals surface area (Å²) in [7, 11) is 0. The molecule has 0 amide bonds. The van der Waals surface area contributed by atoms with Crippen LogP contribution in [-0.2, 0) is 6.54 Å². The van der Waals surface area contributed by atoms with Gasteiger partial charge in [-0.1, -0.05) is 60.1 Å². The molecule has 1 aliphatic rings. The van der Waals surface area contributed by atoms with Crippen molar-refractivity contribution in [1.82, 2.24) is 9.80 Å². The van der Waals surface area contributed by atoms with Crippen LogP contribution in [0.5, 0.6) is 0 Å². The summed E-state index contributed by atoms with van der Waals surface area (Å²) < 4.78 is 0. The molecule has 0 bridgehead atoms. The third-order valence-electron chi connectivity index (χ3n) is 4.44. The molecule has 3 rings (SSSR count). The highest BCUT2D eigenvalue weighted by Gasteiger charge is 2.27. The first-order chi connectivity index (χ1) is 11.3. The Balaban J connectivity index is 1.75. The van der Waals surface area contributed by atoms with Crippen molar-refractivity contribution in [3.8, 4) is 0 Å². The average Bonchev–Trinajstić information content (AvgIpc) is 2.58. The second-order valence-corrected chi connectivity index (χ2v) is 6.51. The quantitative estimate of drug-likeness (QED) is 0.752. The van der Waals surface area contributed by atoms with Crippen molar-refractivity contribution in [2.45, 2.75) is 12.6 Å². The van der Waals surface area contributed by atoms with Crippen LogP contribution in [0.25, 0.3) is 0 Å². The molecule has 1 saturated heterocycles. The maximum absolute atomic E-state index is 6.04. The summed E-state index contributed by atoms with van der Waals surface area (Å²) in [6.07, 6.45) is 2.00. The van der Waals surface area contributed by atoms with Crippen LogP contribution in [0.15, 0.2) is 67.3 Å². The molecule has 1 heterocycles. The molecule has 0 saturated carbocycles. The van der Waals surface area contributed by atoms with E-state index in [0.717, 1.165) is 37.7 Å². The van der Waals surface area contributed by atoms with Crippen molar-refractivity contribution in [2.24, 2.45) is 0 Å². The average molecular weight is 327 g/mol. The summed E-state index contributed by atoms with van der Waals surface area (Å²) in [5.74, 6) is 0. The third kappa shape index (κ3) is 4.23. The van der Waals surface area contributed by atoms with Crippen LogP contribution in [0.2, 0.25) is 5.02 Å². The van der Waals surface area contributed by atoms with Gasteiger partial charge in [0.05, 0.1) is 0 Å². The molecule has 2 aromatic carbocycles. The zero-order valence-corrected chi connectivity index (χ0v) is 14.1. The maximum atomic E-state index is 6.04. The van der Waals surface area contributed by atoms with Gasteiger partial charge in [0.1, 0.15) is 0 Å². The molecule has 1 aliphatic heterocycles. The highest BCUT2D eigenvalue weighted by Crippen LogP contribution is 2.27. The first-order valence-corrected chi connectivity index (χ1v) is 8.51. The van der Waals surface area contributed by atoms with E-state index in [1.165, 1.54) is 11.1 Å². The number of hydrogen-bond acceptors (Lipinski definition) is 2. The SMILES string of the molecule is C=CCN1CCN(Cc2ccccc2)CC1c1ccc(Cl)cc1. The summed E-state index contributed by atoms with van der Waals surface area (Å²) in [4.78, 5) is 5.03. The monoisotopic (exact) mass is 326 g/mol. The van der Waals surface area contributed by atoms with Gasteiger partial charge in [-0.3, -0.25) is 9.80 Å². The van der Waals surface area contributed by atoms with Crippen molar-refractivity contribution >= 4 is 11.6 Å². The predicted molar refractivity (Wildman–Crippen MR) is 97.7 cm³/mol. The van der Waals surface area contributed by atoms with Crippen molar-refractivity contribution < 1.29 is 0 Å². The van der Waals surface area contributed by atoms with Gasteiger partial charge >= 0.3 is 0 Å². The van der Waals surface area contributed by atoms with Crippen LogP contribution < -0.4 is 0 Å². The zero-order chi connectivity index (χ0) is 16.1. The van der Waals surface area contributed by atoms with Gasteiger partial charge in [0.2, 0.25) is 0 Å². The fraction of sp³-hybridized carbons (Fsp3) is 0.300. The molecule has 2 nitrogen and oxygen atoms in total. The van der Waals surface area contributed by atoms with Gasteiger partial charge in [-0.15, -0.1) is 6.58 Å². The summed E-state index contributed by atoms with van der Waals surface area (Å²) in [6.45, 7) is 9.02. The lowest BCUT2D eigenvalue weighted by molar-refractivity contribution is 0.0789. The Morgan fingerprint density at radius 1 is 1.04 bits per heavy atom.